The minimum absolute atomic E-state index is 0.355. The van der Waals surface area contributed by atoms with Crippen LogP contribution >= 0.6 is 0 Å². The zero-order valence-corrected chi connectivity index (χ0v) is 10.3. The molecular formula is C12H18N2O3. The Morgan fingerprint density at radius 3 is 2.47 bits per heavy atom. The summed E-state index contributed by atoms with van der Waals surface area (Å²) in [6, 6.07) is 0. The molecule has 0 aliphatic heterocycles. The van der Waals surface area contributed by atoms with E-state index >= 15 is 0 Å². The van der Waals surface area contributed by atoms with Crippen LogP contribution < -0.4 is 9.47 Å². The number of hydrogen-bond acceptors (Lipinski definition) is 5. The van der Waals surface area contributed by atoms with Crippen molar-refractivity contribution in [3.05, 3.63) is 11.9 Å². The molecule has 0 atom stereocenters. The van der Waals surface area contributed by atoms with Gasteiger partial charge in [0.05, 0.1) is 20.4 Å². The molecule has 5 heteroatoms. The molecule has 0 bridgehead atoms. The van der Waals surface area contributed by atoms with Crippen LogP contribution in [-0.4, -0.2) is 29.3 Å². The average Bonchev–Trinajstić information content (AvgIpc) is 2.38. The smallest absolute Gasteiger partial charge is 0.241 e. The summed E-state index contributed by atoms with van der Waals surface area (Å²) in [6.45, 7) is 0. The number of ether oxygens (including phenoxy) is 2. The molecule has 2 rings (SSSR count). The second-order valence-corrected chi connectivity index (χ2v) is 4.36. The van der Waals surface area contributed by atoms with Crippen LogP contribution in [0.15, 0.2) is 6.20 Å². The third-order valence-corrected chi connectivity index (χ3v) is 3.24. The van der Waals surface area contributed by atoms with E-state index in [1.807, 2.05) is 0 Å². The lowest BCUT2D eigenvalue weighted by Crippen LogP contribution is -2.30. The van der Waals surface area contributed by atoms with Gasteiger partial charge < -0.3 is 14.6 Å². The summed E-state index contributed by atoms with van der Waals surface area (Å²) in [4.78, 5) is 8.42. The molecular weight excluding hydrogens is 220 g/mol. The molecule has 1 saturated carbocycles. The third kappa shape index (κ3) is 2.34. The summed E-state index contributed by atoms with van der Waals surface area (Å²) in [6.07, 6.45) is 6.12. The predicted molar refractivity (Wildman–Crippen MR) is 62.1 cm³/mol. The second-order valence-electron chi connectivity index (χ2n) is 4.36. The maximum atomic E-state index is 10.6. The van der Waals surface area contributed by atoms with Crippen LogP contribution in [0.5, 0.6) is 11.8 Å². The summed E-state index contributed by atoms with van der Waals surface area (Å²) in [5.41, 5.74) is -0.372. The van der Waals surface area contributed by atoms with Crippen LogP contribution in [0.3, 0.4) is 0 Å². The Hall–Kier alpha value is -1.36. The van der Waals surface area contributed by atoms with Gasteiger partial charge in [-0.3, -0.25) is 0 Å². The molecule has 1 heterocycles. The Morgan fingerprint density at radius 1 is 1.18 bits per heavy atom. The molecule has 0 saturated heterocycles. The number of rotatable bonds is 3. The van der Waals surface area contributed by atoms with Gasteiger partial charge in [-0.1, -0.05) is 19.3 Å². The first-order chi connectivity index (χ1) is 8.19. The predicted octanol–water partition coefficient (Wildman–Crippen LogP) is 1.65. The number of aliphatic hydroxyl groups is 1. The van der Waals surface area contributed by atoms with E-state index < -0.39 is 5.60 Å². The van der Waals surface area contributed by atoms with Gasteiger partial charge in [0.1, 0.15) is 11.3 Å². The van der Waals surface area contributed by atoms with E-state index in [2.05, 4.69) is 9.97 Å². The summed E-state index contributed by atoms with van der Waals surface area (Å²) < 4.78 is 10.2. The fraction of sp³-hybridized carbons (Fsp3) is 0.667. The summed E-state index contributed by atoms with van der Waals surface area (Å²) >= 11 is 0. The first-order valence-corrected chi connectivity index (χ1v) is 5.87. The third-order valence-electron chi connectivity index (χ3n) is 3.24. The zero-order chi connectivity index (χ0) is 12.3. The van der Waals surface area contributed by atoms with Crippen molar-refractivity contribution in [2.24, 2.45) is 0 Å². The maximum absolute atomic E-state index is 10.6. The first kappa shape index (κ1) is 12.1. The highest BCUT2D eigenvalue weighted by Crippen LogP contribution is 2.39. The highest BCUT2D eigenvalue weighted by atomic mass is 16.5. The summed E-state index contributed by atoms with van der Waals surface area (Å²) in [7, 11) is 3.05. The van der Waals surface area contributed by atoms with Crippen molar-refractivity contribution in [1.82, 2.24) is 9.97 Å². The molecule has 1 aromatic rings. The Balaban J connectivity index is 2.36. The highest BCUT2D eigenvalue weighted by Gasteiger charge is 2.36. The molecule has 0 spiro atoms. The number of methoxy groups -OCH3 is 2. The SMILES string of the molecule is COc1cnc(C2(O)CCCCC2)c(OC)n1. The van der Waals surface area contributed by atoms with Gasteiger partial charge in [0.25, 0.3) is 0 Å². The van der Waals surface area contributed by atoms with Crippen LogP contribution in [0.25, 0.3) is 0 Å². The first-order valence-electron chi connectivity index (χ1n) is 5.87. The lowest BCUT2D eigenvalue weighted by molar-refractivity contribution is -0.00741. The van der Waals surface area contributed by atoms with Crippen molar-refractivity contribution in [3.8, 4) is 11.8 Å². The van der Waals surface area contributed by atoms with Crippen molar-refractivity contribution in [2.45, 2.75) is 37.7 Å². The van der Waals surface area contributed by atoms with Crippen LogP contribution in [0.4, 0.5) is 0 Å². The second kappa shape index (κ2) is 4.87. The molecule has 1 aliphatic carbocycles. The molecule has 5 nitrogen and oxygen atoms in total. The Morgan fingerprint density at radius 2 is 1.88 bits per heavy atom. The van der Waals surface area contributed by atoms with Crippen LogP contribution in [0.1, 0.15) is 37.8 Å². The molecule has 1 fully saturated rings. The van der Waals surface area contributed by atoms with E-state index in [9.17, 15) is 5.11 Å². The fourth-order valence-electron chi connectivity index (χ4n) is 2.29. The molecule has 0 aromatic carbocycles. The van der Waals surface area contributed by atoms with Crippen molar-refractivity contribution >= 4 is 0 Å². The largest absolute Gasteiger partial charge is 0.480 e. The minimum atomic E-state index is -0.900. The van der Waals surface area contributed by atoms with Crippen LogP contribution in [-0.2, 0) is 5.60 Å². The summed E-state index contributed by atoms with van der Waals surface area (Å²) in [5.74, 6) is 0.749. The van der Waals surface area contributed by atoms with Gasteiger partial charge >= 0.3 is 0 Å². The number of aromatic nitrogens is 2. The van der Waals surface area contributed by atoms with E-state index in [0.29, 0.717) is 30.3 Å². The molecule has 1 aromatic heterocycles. The van der Waals surface area contributed by atoms with E-state index in [1.54, 1.807) is 0 Å². The minimum Gasteiger partial charge on any atom is -0.480 e. The van der Waals surface area contributed by atoms with Crippen molar-refractivity contribution < 1.29 is 14.6 Å². The Bertz CT molecular complexity index is 389. The van der Waals surface area contributed by atoms with Gasteiger partial charge in [0.15, 0.2) is 0 Å². The van der Waals surface area contributed by atoms with Crippen LogP contribution in [0.2, 0.25) is 0 Å². The quantitative estimate of drug-likeness (QED) is 0.867. The van der Waals surface area contributed by atoms with Gasteiger partial charge in [-0.15, -0.1) is 0 Å². The zero-order valence-electron chi connectivity index (χ0n) is 10.3. The fourth-order valence-corrected chi connectivity index (χ4v) is 2.29. The standard InChI is InChI=1S/C12H18N2O3/c1-16-9-8-13-10(11(14-9)17-2)12(15)6-4-3-5-7-12/h8,15H,3-7H2,1-2H3. The molecule has 0 amide bonds. The van der Waals surface area contributed by atoms with Crippen molar-refractivity contribution in [3.63, 3.8) is 0 Å². The lowest BCUT2D eigenvalue weighted by atomic mass is 9.82. The molecule has 0 unspecified atom stereocenters. The van der Waals surface area contributed by atoms with Gasteiger partial charge in [-0.05, 0) is 12.8 Å². The van der Waals surface area contributed by atoms with Crippen molar-refractivity contribution in [2.75, 3.05) is 14.2 Å². The molecule has 17 heavy (non-hydrogen) atoms. The monoisotopic (exact) mass is 238 g/mol. The number of nitrogens with zero attached hydrogens (tertiary/aromatic N) is 2. The van der Waals surface area contributed by atoms with E-state index in [1.165, 1.54) is 20.4 Å². The van der Waals surface area contributed by atoms with E-state index in [-0.39, 0.29) is 0 Å². The maximum Gasteiger partial charge on any atom is 0.241 e. The van der Waals surface area contributed by atoms with Gasteiger partial charge in [0, 0.05) is 0 Å². The average molecular weight is 238 g/mol. The van der Waals surface area contributed by atoms with Gasteiger partial charge in [0.2, 0.25) is 11.8 Å². The molecule has 94 valence electrons. The highest BCUT2D eigenvalue weighted by molar-refractivity contribution is 5.28. The molecule has 0 radical (unpaired) electrons. The van der Waals surface area contributed by atoms with E-state index in [0.717, 1.165) is 19.3 Å². The van der Waals surface area contributed by atoms with E-state index in [4.69, 9.17) is 9.47 Å². The van der Waals surface area contributed by atoms with Gasteiger partial charge in [-0.25, -0.2) is 4.98 Å². The van der Waals surface area contributed by atoms with Crippen molar-refractivity contribution in [1.29, 1.82) is 0 Å². The Kier molecular flexibility index (Phi) is 3.47. The summed E-state index contributed by atoms with van der Waals surface area (Å²) in [5, 5.41) is 10.6. The normalized spacial score (nSPS) is 18.8. The van der Waals surface area contributed by atoms with Crippen LogP contribution in [0, 0.1) is 0 Å². The topological polar surface area (TPSA) is 64.5 Å². The molecule has 1 aliphatic rings. The number of hydrogen-bond donors (Lipinski definition) is 1. The molecule has 1 N–H and O–H groups in total. The lowest BCUT2D eigenvalue weighted by Gasteiger charge is -2.31. The van der Waals surface area contributed by atoms with Gasteiger partial charge in [-0.2, -0.15) is 4.98 Å². The Labute approximate surface area is 101 Å².